The lowest BCUT2D eigenvalue weighted by Crippen LogP contribution is -2.16. The van der Waals surface area contributed by atoms with Gasteiger partial charge in [-0.15, -0.1) is 0 Å². The molecule has 0 radical (unpaired) electrons. The van der Waals surface area contributed by atoms with Gasteiger partial charge < -0.3 is 15.2 Å². The molecule has 23 heavy (non-hydrogen) atoms. The average molecular weight is 346 g/mol. The van der Waals surface area contributed by atoms with Crippen LogP contribution in [0.1, 0.15) is 15.9 Å². The Bertz CT molecular complexity index is 747. The molecule has 0 fully saturated rings. The second kappa shape index (κ2) is 6.37. The van der Waals surface area contributed by atoms with Crippen LogP contribution in [-0.4, -0.2) is 13.0 Å². The molecule has 8 heteroatoms. The van der Waals surface area contributed by atoms with E-state index < -0.39 is 29.0 Å². The molecule has 0 saturated heterocycles. The first-order chi connectivity index (χ1) is 10.7. The molecule has 0 unspecified atom stereocenters. The van der Waals surface area contributed by atoms with Crippen LogP contribution < -0.4 is 15.2 Å². The summed E-state index contributed by atoms with van der Waals surface area (Å²) >= 11 is 5.79. The Labute approximate surface area is 134 Å². The molecule has 0 aliphatic heterocycles. The number of nitrogens with two attached hydrogens (primary N) is 1. The Morgan fingerprint density at radius 1 is 1.17 bits per heavy atom. The Kier molecular flexibility index (Phi) is 4.70. The summed E-state index contributed by atoms with van der Waals surface area (Å²) in [5, 5.41) is 0.313. The van der Waals surface area contributed by atoms with Gasteiger partial charge in [0, 0.05) is 11.1 Å². The molecule has 1 amide bonds. The Hall–Kier alpha value is -2.41. The third kappa shape index (κ3) is 3.68. The molecule has 2 aromatic carbocycles. The van der Waals surface area contributed by atoms with E-state index in [1.54, 1.807) is 0 Å². The minimum atomic E-state index is -4.72. The minimum absolute atomic E-state index is 0.0314. The van der Waals surface area contributed by atoms with E-state index in [1.807, 2.05) is 0 Å². The summed E-state index contributed by atoms with van der Waals surface area (Å²) in [4.78, 5) is 11.4. The van der Waals surface area contributed by atoms with Gasteiger partial charge >= 0.3 is 6.18 Å². The van der Waals surface area contributed by atoms with Crippen molar-refractivity contribution in [3.8, 4) is 17.2 Å². The Balaban J connectivity index is 2.61. The van der Waals surface area contributed by atoms with Crippen molar-refractivity contribution in [2.24, 2.45) is 5.73 Å². The van der Waals surface area contributed by atoms with Gasteiger partial charge in [-0.1, -0.05) is 17.7 Å². The van der Waals surface area contributed by atoms with Crippen LogP contribution in [0.2, 0.25) is 5.02 Å². The fourth-order valence-electron chi connectivity index (χ4n) is 1.90. The lowest BCUT2D eigenvalue weighted by molar-refractivity contribution is -0.138. The standard InChI is InChI=1S/C15H11ClF3NO3/c1-22-12-7-8(16)5-6-11(12)23-13-9(14(20)21)3-2-4-10(13)15(17,18)19/h2-7H,1H3,(H2,20,21). The summed E-state index contributed by atoms with van der Waals surface area (Å²) in [5.74, 6) is -1.65. The maximum Gasteiger partial charge on any atom is 0.420 e. The van der Waals surface area contributed by atoms with Crippen molar-refractivity contribution >= 4 is 17.5 Å². The molecule has 2 rings (SSSR count). The molecule has 0 aliphatic carbocycles. The molecule has 0 bridgehead atoms. The van der Waals surface area contributed by atoms with Crippen LogP contribution >= 0.6 is 11.6 Å². The number of rotatable bonds is 4. The van der Waals surface area contributed by atoms with Crippen LogP contribution in [0.3, 0.4) is 0 Å². The van der Waals surface area contributed by atoms with Gasteiger partial charge in [-0.05, 0) is 24.3 Å². The number of alkyl halides is 3. The molecule has 0 aromatic heterocycles. The van der Waals surface area contributed by atoms with Gasteiger partial charge in [-0.2, -0.15) is 13.2 Å². The van der Waals surface area contributed by atoms with Crippen molar-refractivity contribution in [2.75, 3.05) is 7.11 Å². The van der Waals surface area contributed by atoms with Crippen molar-refractivity contribution < 1.29 is 27.4 Å². The second-order valence-electron chi connectivity index (χ2n) is 4.44. The van der Waals surface area contributed by atoms with Crippen LogP contribution in [0.15, 0.2) is 36.4 Å². The summed E-state index contributed by atoms with van der Waals surface area (Å²) < 4.78 is 49.8. The van der Waals surface area contributed by atoms with Crippen LogP contribution in [-0.2, 0) is 6.18 Å². The number of methoxy groups -OCH3 is 1. The average Bonchev–Trinajstić information content (AvgIpc) is 2.47. The van der Waals surface area contributed by atoms with Crippen molar-refractivity contribution in [1.29, 1.82) is 0 Å². The molecule has 0 atom stereocenters. The summed E-state index contributed by atoms with van der Waals surface area (Å²) in [6.45, 7) is 0. The molecule has 2 aromatic rings. The van der Waals surface area contributed by atoms with Crippen molar-refractivity contribution in [3.05, 3.63) is 52.5 Å². The van der Waals surface area contributed by atoms with E-state index in [9.17, 15) is 18.0 Å². The zero-order valence-electron chi connectivity index (χ0n) is 11.8. The summed E-state index contributed by atoms with van der Waals surface area (Å²) in [6, 6.07) is 7.14. The number of ether oxygens (including phenoxy) is 2. The number of para-hydroxylation sites is 1. The number of hydrogen-bond acceptors (Lipinski definition) is 3. The SMILES string of the molecule is COc1cc(Cl)ccc1Oc1c(C(N)=O)cccc1C(F)(F)F. The molecule has 4 nitrogen and oxygen atoms in total. The van der Waals surface area contributed by atoms with E-state index in [0.29, 0.717) is 5.02 Å². The highest BCUT2D eigenvalue weighted by Gasteiger charge is 2.36. The molecular formula is C15H11ClF3NO3. The fourth-order valence-corrected chi connectivity index (χ4v) is 2.06. The van der Waals surface area contributed by atoms with Gasteiger partial charge in [-0.3, -0.25) is 4.79 Å². The van der Waals surface area contributed by atoms with E-state index in [2.05, 4.69) is 0 Å². The number of amides is 1. The van der Waals surface area contributed by atoms with Crippen molar-refractivity contribution in [1.82, 2.24) is 0 Å². The number of benzene rings is 2. The monoisotopic (exact) mass is 345 g/mol. The number of hydrogen-bond donors (Lipinski definition) is 1. The first-order valence-corrected chi connectivity index (χ1v) is 6.63. The molecule has 0 spiro atoms. The minimum Gasteiger partial charge on any atom is -0.493 e. The van der Waals surface area contributed by atoms with Gasteiger partial charge in [0.25, 0.3) is 5.91 Å². The van der Waals surface area contributed by atoms with E-state index >= 15 is 0 Å². The highest BCUT2D eigenvalue weighted by molar-refractivity contribution is 6.30. The lowest BCUT2D eigenvalue weighted by atomic mass is 10.1. The van der Waals surface area contributed by atoms with Crippen molar-refractivity contribution in [3.63, 3.8) is 0 Å². The third-order valence-corrected chi connectivity index (χ3v) is 3.16. The second-order valence-corrected chi connectivity index (χ2v) is 4.88. The highest BCUT2D eigenvalue weighted by Crippen LogP contribution is 2.42. The molecular weight excluding hydrogens is 335 g/mol. The first kappa shape index (κ1) is 17.0. The summed E-state index contributed by atoms with van der Waals surface area (Å²) in [5.41, 5.74) is 3.62. The highest BCUT2D eigenvalue weighted by atomic mass is 35.5. The molecule has 0 heterocycles. The zero-order valence-corrected chi connectivity index (χ0v) is 12.5. The van der Waals surface area contributed by atoms with E-state index in [-0.39, 0.29) is 11.5 Å². The smallest absolute Gasteiger partial charge is 0.420 e. The largest absolute Gasteiger partial charge is 0.493 e. The Morgan fingerprint density at radius 2 is 1.87 bits per heavy atom. The van der Waals surface area contributed by atoms with Gasteiger partial charge in [0.1, 0.15) is 0 Å². The number of carbonyl (C=O) groups is 1. The summed E-state index contributed by atoms with van der Waals surface area (Å²) in [6.07, 6.45) is -4.72. The summed E-state index contributed by atoms with van der Waals surface area (Å²) in [7, 11) is 1.31. The maximum atomic E-state index is 13.2. The van der Waals surface area contributed by atoms with E-state index in [1.165, 1.54) is 25.3 Å². The van der Waals surface area contributed by atoms with E-state index in [0.717, 1.165) is 18.2 Å². The van der Waals surface area contributed by atoms with Gasteiger partial charge in [0.05, 0.1) is 18.2 Å². The third-order valence-electron chi connectivity index (χ3n) is 2.92. The Morgan fingerprint density at radius 3 is 2.43 bits per heavy atom. The van der Waals surface area contributed by atoms with Crippen molar-refractivity contribution in [2.45, 2.75) is 6.18 Å². The topological polar surface area (TPSA) is 61.6 Å². The van der Waals surface area contributed by atoms with Gasteiger partial charge in [-0.25, -0.2) is 0 Å². The predicted molar refractivity (Wildman–Crippen MR) is 78.0 cm³/mol. The zero-order chi connectivity index (χ0) is 17.2. The normalized spacial score (nSPS) is 11.2. The quantitative estimate of drug-likeness (QED) is 0.900. The molecule has 0 saturated carbocycles. The maximum absolute atomic E-state index is 13.2. The van der Waals surface area contributed by atoms with Crippen LogP contribution in [0, 0.1) is 0 Å². The number of primary amides is 1. The lowest BCUT2D eigenvalue weighted by Gasteiger charge is -2.17. The number of halogens is 4. The molecule has 122 valence electrons. The predicted octanol–water partition coefficient (Wildman–Crippen LogP) is 4.26. The van der Waals surface area contributed by atoms with E-state index in [4.69, 9.17) is 26.8 Å². The molecule has 0 aliphatic rings. The van der Waals surface area contributed by atoms with Crippen LogP contribution in [0.5, 0.6) is 17.2 Å². The molecule has 2 N–H and O–H groups in total. The van der Waals surface area contributed by atoms with Crippen LogP contribution in [0.4, 0.5) is 13.2 Å². The number of carbonyl (C=O) groups excluding carboxylic acids is 1. The fraction of sp³-hybridized carbons (Fsp3) is 0.133. The van der Waals surface area contributed by atoms with Crippen LogP contribution in [0.25, 0.3) is 0 Å². The first-order valence-electron chi connectivity index (χ1n) is 6.25. The van der Waals surface area contributed by atoms with Gasteiger partial charge in [0.15, 0.2) is 17.2 Å². The van der Waals surface area contributed by atoms with Gasteiger partial charge in [0.2, 0.25) is 0 Å².